The quantitative estimate of drug-likeness (QED) is 0.247. The topological polar surface area (TPSA) is 48.9 Å². The van der Waals surface area contributed by atoms with Crippen molar-refractivity contribution in [2.24, 2.45) is 4.99 Å². The molecule has 1 rings (SSSR count). The summed E-state index contributed by atoms with van der Waals surface area (Å²) in [5.74, 6) is 2.20. The summed E-state index contributed by atoms with van der Waals surface area (Å²) in [6.07, 6.45) is 6.99. The highest BCUT2D eigenvalue weighted by atomic mass is 127. The zero-order chi connectivity index (χ0) is 15.3. The number of methoxy groups -OCH3 is 1. The standard InChI is InChI=1S/C15H32N4OS.HI/c1-16-15(17-8-4-5-13-21-3)18-14-6-9-19(10-7-14)11-12-20-2;/h14H,4-13H2,1-3H3,(H2,16,17,18);1H. The molecule has 0 radical (unpaired) electrons. The van der Waals surface area contributed by atoms with E-state index in [0.29, 0.717) is 6.04 Å². The van der Waals surface area contributed by atoms with Crippen molar-refractivity contribution in [1.29, 1.82) is 0 Å². The molecule has 0 aromatic rings. The summed E-state index contributed by atoms with van der Waals surface area (Å²) >= 11 is 1.91. The first-order chi connectivity index (χ1) is 10.3. The maximum atomic E-state index is 5.14. The number of rotatable bonds is 9. The Labute approximate surface area is 157 Å². The van der Waals surface area contributed by atoms with Crippen molar-refractivity contribution >= 4 is 41.7 Å². The van der Waals surface area contributed by atoms with Gasteiger partial charge in [0.25, 0.3) is 0 Å². The van der Waals surface area contributed by atoms with Gasteiger partial charge in [0.15, 0.2) is 5.96 Å². The summed E-state index contributed by atoms with van der Waals surface area (Å²) in [6, 6.07) is 0.543. The number of ether oxygens (including phenoxy) is 1. The second kappa shape index (κ2) is 14.8. The third-order valence-corrected chi connectivity index (χ3v) is 4.53. The first-order valence-corrected chi connectivity index (χ1v) is 9.37. The lowest BCUT2D eigenvalue weighted by Gasteiger charge is -2.32. The number of unbranched alkanes of at least 4 members (excludes halogenated alkanes) is 1. The molecule has 0 aromatic heterocycles. The van der Waals surface area contributed by atoms with Crippen LogP contribution in [0.5, 0.6) is 0 Å². The molecule has 0 bridgehead atoms. The fourth-order valence-electron chi connectivity index (χ4n) is 2.49. The molecule has 0 unspecified atom stereocenters. The van der Waals surface area contributed by atoms with Crippen LogP contribution in [0.25, 0.3) is 0 Å². The fraction of sp³-hybridized carbons (Fsp3) is 0.933. The van der Waals surface area contributed by atoms with Crippen LogP contribution in [0.2, 0.25) is 0 Å². The Morgan fingerprint density at radius 2 is 2.05 bits per heavy atom. The van der Waals surface area contributed by atoms with E-state index in [-0.39, 0.29) is 24.0 Å². The molecule has 0 spiro atoms. The third kappa shape index (κ3) is 10.1. The number of aliphatic imine (C=N–C) groups is 1. The van der Waals surface area contributed by atoms with Gasteiger partial charge in [-0.15, -0.1) is 24.0 Å². The molecule has 132 valence electrons. The van der Waals surface area contributed by atoms with Gasteiger partial charge in [0.2, 0.25) is 0 Å². The minimum absolute atomic E-state index is 0. The van der Waals surface area contributed by atoms with Gasteiger partial charge in [-0.25, -0.2) is 0 Å². The van der Waals surface area contributed by atoms with Crippen LogP contribution < -0.4 is 10.6 Å². The molecular formula is C15H33IN4OS. The van der Waals surface area contributed by atoms with E-state index in [4.69, 9.17) is 4.74 Å². The largest absolute Gasteiger partial charge is 0.383 e. The molecule has 0 aliphatic carbocycles. The van der Waals surface area contributed by atoms with Crippen molar-refractivity contribution in [1.82, 2.24) is 15.5 Å². The van der Waals surface area contributed by atoms with Crippen LogP contribution >= 0.6 is 35.7 Å². The van der Waals surface area contributed by atoms with Crippen LogP contribution in [0.3, 0.4) is 0 Å². The van der Waals surface area contributed by atoms with E-state index >= 15 is 0 Å². The molecule has 1 aliphatic rings. The van der Waals surface area contributed by atoms with Gasteiger partial charge in [-0.05, 0) is 37.7 Å². The molecule has 1 heterocycles. The summed E-state index contributed by atoms with van der Waals surface area (Å²) in [7, 11) is 3.62. The lowest BCUT2D eigenvalue weighted by atomic mass is 10.1. The Kier molecular flexibility index (Phi) is 15.0. The molecular weight excluding hydrogens is 411 g/mol. The molecule has 0 atom stereocenters. The van der Waals surface area contributed by atoms with Crippen molar-refractivity contribution in [3.05, 3.63) is 0 Å². The van der Waals surface area contributed by atoms with Crippen molar-refractivity contribution in [3.8, 4) is 0 Å². The summed E-state index contributed by atoms with van der Waals surface area (Å²) in [4.78, 5) is 6.80. The number of piperidine rings is 1. The summed E-state index contributed by atoms with van der Waals surface area (Å²) in [6.45, 7) is 5.17. The predicted octanol–water partition coefficient (Wildman–Crippen LogP) is 2.02. The Balaban J connectivity index is 0.00000441. The van der Waals surface area contributed by atoms with Gasteiger partial charge >= 0.3 is 0 Å². The van der Waals surface area contributed by atoms with Gasteiger partial charge in [-0.2, -0.15) is 11.8 Å². The van der Waals surface area contributed by atoms with E-state index in [1.807, 2.05) is 18.8 Å². The molecule has 0 amide bonds. The lowest BCUT2D eigenvalue weighted by molar-refractivity contribution is 0.128. The normalized spacial score (nSPS) is 17.1. The molecule has 0 saturated carbocycles. The zero-order valence-corrected chi connectivity index (χ0v) is 17.4. The number of nitrogens with one attached hydrogen (secondary N) is 2. The second-order valence-electron chi connectivity index (χ2n) is 5.45. The van der Waals surface area contributed by atoms with E-state index in [1.165, 1.54) is 31.4 Å². The summed E-state index contributed by atoms with van der Waals surface area (Å²) in [5, 5.41) is 6.97. The summed E-state index contributed by atoms with van der Waals surface area (Å²) in [5.41, 5.74) is 0. The number of likely N-dealkylation sites (tertiary alicyclic amines) is 1. The average Bonchev–Trinajstić information content (AvgIpc) is 2.52. The van der Waals surface area contributed by atoms with E-state index < -0.39 is 0 Å². The lowest BCUT2D eigenvalue weighted by Crippen LogP contribution is -2.49. The number of hydrogen-bond acceptors (Lipinski definition) is 4. The van der Waals surface area contributed by atoms with Gasteiger partial charge in [-0.3, -0.25) is 4.99 Å². The SMILES string of the molecule is CN=C(NCCCCSC)NC1CCN(CCOC)CC1.I. The first-order valence-electron chi connectivity index (χ1n) is 7.97. The third-order valence-electron chi connectivity index (χ3n) is 3.83. The van der Waals surface area contributed by atoms with E-state index in [0.717, 1.165) is 38.7 Å². The predicted molar refractivity (Wildman–Crippen MR) is 109 cm³/mol. The van der Waals surface area contributed by atoms with Gasteiger partial charge in [0.1, 0.15) is 0 Å². The van der Waals surface area contributed by atoms with Crippen LogP contribution in [0.1, 0.15) is 25.7 Å². The molecule has 5 nitrogen and oxygen atoms in total. The average molecular weight is 444 g/mol. The summed E-state index contributed by atoms with van der Waals surface area (Å²) < 4.78 is 5.14. The van der Waals surface area contributed by atoms with E-state index in [1.54, 1.807) is 7.11 Å². The van der Waals surface area contributed by atoms with Crippen molar-refractivity contribution in [2.75, 3.05) is 59.0 Å². The first kappa shape index (κ1) is 22.3. The van der Waals surface area contributed by atoms with Gasteiger partial charge in [-0.1, -0.05) is 0 Å². The van der Waals surface area contributed by atoms with Crippen molar-refractivity contribution in [3.63, 3.8) is 0 Å². The minimum Gasteiger partial charge on any atom is -0.383 e. The molecule has 0 aromatic carbocycles. The van der Waals surface area contributed by atoms with Crippen molar-refractivity contribution < 1.29 is 4.74 Å². The highest BCUT2D eigenvalue weighted by Crippen LogP contribution is 2.09. The van der Waals surface area contributed by atoms with Gasteiger partial charge in [0, 0.05) is 46.4 Å². The van der Waals surface area contributed by atoms with Crippen LogP contribution in [-0.4, -0.2) is 75.9 Å². The van der Waals surface area contributed by atoms with E-state index in [2.05, 4.69) is 26.8 Å². The molecule has 1 aliphatic heterocycles. The Hall–Kier alpha value is 0.270. The number of thioether (sulfide) groups is 1. The highest BCUT2D eigenvalue weighted by molar-refractivity contribution is 14.0. The van der Waals surface area contributed by atoms with Crippen LogP contribution in [0.4, 0.5) is 0 Å². The number of guanidine groups is 1. The van der Waals surface area contributed by atoms with Crippen LogP contribution in [0, 0.1) is 0 Å². The number of halogens is 1. The second-order valence-corrected chi connectivity index (χ2v) is 6.44. The molecule has 22 heavy (non-hydrogen) atoms. The molecule has 7 heteroatoms. The maximum Gasteiger partial charge on any atom is 0.191 e. The van der Waals surface area contributed by atoms with Gasteiger partial charge < -0.3 is 20.3 Å². The number of hydrogen-bond donors (Lipinski definition) is 2. The van der Waals surface area contributed by atoms with Crippen LogP contribution in [0.15, 0.2) is 4.99 Å². The Bertz CT molecular complexity index is 287. The maximum absolute atomic E-state index is 5.14. The van der Waals surface area contributed by atoms with Crippen LogP contribution in [-0.2, 0) is 4.74 Å². The zero-order valence-electron chi connectivity index (χ0n) is 14.3. The van der Waals surface area contributed by atoms with Gasteiger partial charge in [0.05, 0.1) is 6.61 Å². The molecule has 1 fully saturated rings. The van der Waals surface area contributed by atoms with Crippen molar-refractivity contribution in [2.45, 2.75) is 31.7 Å². The molecule has 2 N–H and O–H groups in total. The monoisotopic (exact) mass is 444 g/mol. The smallest absolute Gasteiger partial charge is 0.191 e. The Morgan fingerprint density at radius 3 is 2.64 bits per heavy atom. The Morgan fingerprint density at radius 1 is 1.32 bits per heavy atom. The fourth-order valence-corrected chi connectivity index (χ4v) is 2.98. The van der Waals surface area contributed by atoms with E-state index in [9.17, 15) is 0 Å². The highest BCUT2D eigenvalue weighted by Gasteiger charge is 2.19. The minimum atomic E-state index is 0. The number of nitrogens with zero attached hydrogens (tertiary/aromatic N) is 2. The molecule has 1 saturated heterocycles.